The monoisotopic (exact) mass is 477 g/mol. The Kier molecular flexibility index (Phi) is 6.38. The summed E-state index contributed by atoms with van der Waals surface area (Å²) in [6, 6.07) is 15.6. The predicted octanol–water partition coefficient (Wildman–Crippen LogP) is 3.54. The Morgan fingerprint density at radius 1 is 1.15 bits per heavy atom. The molecule has 2 aromatic heterocycles. The first kappa shape index (κ1) is 22.6. The number of nitrogens with zero attached hydrogens (tertiary/aromatic N) is 5. The maximum atomic E-state index is 13.2. The molecule has 1 aliphatic rings. The minimum absolute atomic E-state index is 0.0357. The number of carbonyl (C=O) groups excluding carboxylic acids is 1. The van der Waals surface area contributed by atoms with Crippen LogP contribution in [0.3, 0.4) is 0 Å². The third-order valence-corrected chi connectivity index (χ3v) is 7.07. The summed E-state index contributed by atoms with van der Waals surface area (Å²) in [7, 11) is 0. The van der Waals surface area contributed by atoms with Gasteiger partial charge in [0.25, 0.3) is 5.56 Å². The van der Waals surface area contributed by atoms with Gasteiger partial charge < -0.3 is 9.64 Å². The number of carbonyl (C=O) groups is 1. The Balaban J connectivity index is 1.46. The molecule has 2 aromatic carbocycles. The van der Waals surface area contributed by atoms with Crippen molar-refractivity contribution < 1.29 is 9.53 Å². The van der Waals surface area contributed by atoms with Gasteiger partial charge in [0, 0.05) is 31.5 Å². The van der Waals surface area contributed by atoms with E-state index < -0.39 is 0 Å². The number of para-hydroxylation sites is 2. The molecule has 0 aliphatic carbocycles. The second-order valence-corrected chi connectivity index (χ2v) is 9.32. The van der Waals surface area contributed by atoms with Gasteiger partial charge in [-0.25, -0.2) is 0 Å². The van der Waals surface area contributed by atoms with Crippen molar-refractivity contribution >= 4 is 40.0 Å². The smallest absolute Gasteiger partial charge is 0.262 e. The molecule has 0 N–H and O–H groups in total. The van der Waals surface area contributed by atoms with E-state index in [1.165, 1.54) is 17.3 Å². The average Bonchev–Trinajstić information content (AvgIpc) is 3.42. The topological polar surface area (TPSA) is 81.7 Å². The number of anilines is 1. The SMILES string of the molecule is CCOCCCn1c(=O)c2ccccc2n2c(SCC(=O)N3c4ccccc4CC3C)nnc12. The van der Waals surface area contributed by atoms with Gasteiger partial charge in [0.1, 0.15) is 0 Å². The van der Waals surface area contributed by atoms with Crippen molar-refractivity contribution in [2.24, 2.45) is 0 Å². The van der Waals surface area contributed by atoms with Gasteiger partial charge in [0.05, 0.1) is 16.7 Å². The molecule has 4 aromatic rings. The highest BCUT2D eigenvalue weighted by Crippen LogP contribution is 2.33. The van der Waals surface area contributed by atoms with Crippen LogP contribution < -0.4 is 10.5 Å². The van der Waals surface area contributed by atoms with Crippen LogP contribution >= 0.6 is 11.8 Å². The fraction of sp³-hybridized carbons (Fsp3) is 0.360. The summed E-state index contributed by atoms with van der Waals surface area (Å²) in [5.41, 5.74) is 2.83. The van der Waals surface area contributed by atoms with E-state index in [-0.39, 0.29) is 23.3 Å². The summed E-state index contributed by atoms with van der Waals surface area (Å²) in [6.07, 6.45) is 1.56. The lowest BCUT2D eigenvalue weighted by atomic mass is 10.1. The van der Waals surface area contributed by atoms with Gasteiger partial charge >= 0.3 is 0 Å². The summed E-state index contributed by atoms with van der Waals surface area (Å²) in [5, 5.41) is 9.91. The molecule has 34 heavy (non-hydrogen) atoms. The largest absolute Gasteiger partial charge is 0.382 e. The fourth-order valence-electron chi connectivity index (χ4n) is 4.64. The third-order valence-electron chi connectivity index (χ3n) is 6.15. The van der Waals surface area contributed by atoms with Crippen molar-refractivity contribution in [3.63, 3.8) is 0 Å². The van der Waals surface area contributed by atoms with E-state index in [1.54, 1.807) is 4.57 Å². The van der Waals surface area contributed by atoms with Gasteiger partial charge in [-0.15, -0.1) is 10.2 Å². The first-order valence-corrected chi connectivity index (χ1v) is 12.6. The van der Waals surface area contributed by atoms with Gasteiger partial charge in [-0.05, 0) is 50.5 Å². The zero-order valence-electron chi connectivity index (χ0n) is 19.3. The average molecular weight is 478 g/mol. The second-order valence-electron chi connectivity index (χ2n) is 8.38. The summed E-state index contributed by atoms with van der Waals surface area (Å²) >= 11 is 1.35. The van der Waals surface area contributed by atoms with E-state index in [1.807, 2.05) is 58.7 Å². The molecule has 1 amide bonds. The molecule has 0 radical (unpaired) electrons. The lowest BCUT2D eigenvalue weighted by Crippen LogP contribution is -2.37. The number of hydrogen-bond donors (Lipinski definition) is 0. The number of aryl methyl sites for hydroxylation is 1. The highest BCUT2D eigenvalue weighted by molar-refractivity contribution is 7.99. The van der Waals surface area contributed by atoms with Crippen molar-refractivity contribution in [3.05, 3.63) is 64.4 Å². The maximum absolute atomic E-state index is 13.2. The number of aromatic nitrogens is 4. The lowest BCUT2D eigenvalue weighted by Gasteiger charge is -2.22. The molecule has 9 heteroatoms. The van der Waals surface area contributed by atoms with Crippen LogP contribution in [0.1, 0.15) is 25.8 Å². The minimum Gasteiger partial charge on any atom is -0.382 e. The molecule has 1 aliphatic heterocycles. The van der Waals surface area contributed by atoms with Crippen LogP contribution in [0, 0.1) is 0 Å². The number of hydrogen-bond acceptors (Lipinski definition) is 6. The van der Waals surface area contributed by atoms with Crippen molar-refractivity contribution in [1.29, 1.82) is 0 Å². The fourth-order valence-corrected chi connectivity index (χ4v) is 5.44. The molecule has 176 valence electrons. The summed E-state index contributed by atoms with van der Waals surface area (Å²) in [4.78, 5) is 28.3. The molecule has 0 bridgehead atoms. The Bertz CT molecular complexity index is 1410. The number of ether oxygens (including phenoxy) is 1. The van der Waals surface area contributed by atoms with Crippen LogP contribution in [0.2, 0.25) is 0 Å². The number of fused-ring (bicyclic) bond motifs is 4. The van der Waals surface area contributed by atoms with E-state index in [4.69, 9.17) is 4.74 Å². The molecular formula is C25H27N5O3S. The van der Waals surface area contributed by atoms with Gasteiger partial charge in [0.2, 0.25) is 11.7 Å². The van der Waals surface area contributed by atoms with Gasteiger partial charge in [-0.2, -0.15) is 0 Å². The summed E-state index contributed by atoms with van der Waals surface area (Å²) in [5.74, 6) is 0.751. The zero-order valence-corrected chi connectivity index (χ0v) is 20.1. The van der Waals surface area contributed by atoms with Crippen molar-refractivity contribution in [1.82, 2.24) is 19.2 Å². The Hall–Kier alpha value is -3.17. The van der Waals surface area contributed by atoms with Crippen molar-refractivity contribution in [2.75, 3.05) is 23.9 Å². The predicted molar refractivity (Wildman–Crippen MR) is 134 cm³/mol. The number of rotatable bonds is 8. The van der Waals surface area contributed by atoms with Crippen LogP contribution in [0.5, 0.6) is 0 Å². The van der Waals surface area contributed by atoms with Crippen LogP contribution in [0.15, 0.2) is 58.5 Å². The molecule has 3 heterocycles. The van der Waals surface area contributed by atoms with E-state index in [2.05, 4.69) is 23.2 Å². The zero-order chi connectivity index (χ0) is 23.7. The Labute approximate surface area is 201 Å². The first-order valence-electron chi connectivity index (χ1n) is 11.6. The van der Waals surface area contributed by atoms with Crippen LogP contribution in [0.4, 0.5) is 5.69 Å². The van der Waals surface area contributed by atoms with Gasteiger partial charge in [-0.3, -0.25) is 18.6 Å². The standard InChI is InChI=1S/C25H27N5O3S/c1-3-33-14-8-13-28-23(32)19-10-5-7-12-21(19)30-24(28)26-27-25(30)34-16-22(31)29-17(2)15-18-9-4-6-11-20(18)29/h4-7,9-12,17H,3,8,13-16H2,1-2H3. The minimum atomic E-state index is -0.0953. The molecule has 0 saturated heterocycles. The molecule has 0 saturated carbocycles. The number of thioether (sulfide) groups is 1. The van der Waals surface area contributed by atoms with Crippen molar-refractivity contribution in [2.45, 2.75) is 44.4 Å². The molecule has 5 rings (SSSR count). The van der Waals surface area contributed by atoms with Crippen LogP contribution in [0.25, 0.3) is 16.7 Å². The van der Waals surface area contributed by atoms with Crippen LogP contribution in [-0.4, -0.2) is 50.1 Å². The Morgan fingerprint density at radius 2 is 1.94 bits per heavy atom. The van der Waals surface area contributed by atoms with E-state index >= 15 is 0 Å². The van der Waals surface area contributed by atoms with E-state index in [0.717, 1.165) is 17.6 Å². The highest BCUT2D eigenvalue weighted by atomic mass is 32.2. The van der Waals surface area contributed by atoms with Crippen molar-refractivity contribution in [3.8, 4) is 0 Å². The third kappa shape index (κ3) is 3.99. The van der Waals surface area contributed by atoms with Gasteiger partial charge in [0.15, 0.2) is 5.16 Å². The highest BCUT2D eigenvalue weighted by Gasteiger charge is 2.30. The van der Waals surface area contributed by atoms with E-state index in [0.29, 0.717) is 42.5 Å². The summed E-state index contributed by atoms with van der Waals surface area (Å²) in [6.45, 7) is 5.72. The first-order chi connectivity index (χ1) is 16.6. The number of benzene rings is 2. The maximum Gasteiger partial charge on any atom is 0.262 e. The quantitative estimate of drug-likeness (QED) is 0.285. The molecule has 0 fully saturated rings. The molecule has 8 nitrogen and oxygen atoms in total. The lowest BCUT2D eigenvalue weighted by molar-refractivity contribution is -0.116. The van der Waals surface area contributed by atoms with E-state index in [9.17, 15) is 9.59 Å². The van der Waals surface area contributed by atoms with Gasteiger partial charge in [-0.1, -0.05) is 42.1 Å². The molecule has 1 atom stereocenters. The normalized spacial score (nSPS) is 15.4. The molecule has 0 spiro atoms. The second kappa shape index (κ2) is 9.60. The number of amides is 1. The molecular weight excluding hydrogens is 450 g/mol. The molecule has 1 unspecified atom stereocenters. The van der Waals surface area contributed by atoms with Crippen LogP contribution in [-0.2, 0) is 22.5 Å². The summed E-state index contributed by atoms with van der Waals surface area (Å²) < 4.78 is 8.98. The Morgan fingerprint density at radius 3 is 2.79 bits per heavy atom.